The van der Waals surface area contributed by atoms with Crippen LogP contribution in [-0.4, -0.2) is 5.24 Å². The van der Waals surface area contributed by atoms with Crippen molar-refractivity contribution in [3.05, 3.63) is 33.7 Å². The van der Waals surface area contributed by atoms with Crippen LogP contribution in [0.1, 0.15) is 15.2 Å². The lowest BCUT2D eigenvalue weighted by Gasteiger charge is -1.94. The lowest BCUT2D eigenvalue weighted by atomic mass is 10.1. The molecule has 0 amide bonds. The van der Waals surface area contributed by atoms with Crippen molar-refractivity contribution in [2.75, 3.05) is 0 Å². The van der Waals surface area contributed by atoms with Crippen molar-refractivity contribution >= 4 is 49.9 Å². The van der Waals surface area contributed by atoms with Gasteiger partial charge in [-0.3, -0.25) is 4.79 Å². The van der Waals surface area contributed by atoms with E-state index < -0.39 is 5.24 Å². The van der Waals surface area contributed by atoms with Crippen LogP contribution in [0.3, 0.4) is 0 Å². The van der Waals surface area contributed by atoms with Crippen molar-refractivity contribution in [2.24, 2.45) is 0 Å². The molecule has 0 atom stereocenters. The number of aryl methyl sites for hydroxylation is 1. The number of thiophene rings is 1. The van der Waals surface area contributed by atoms with E-state index in [-0.39, 0.29) is 0 Å². The molecule has 0 bridgehead atoms. The SMILES string of the molecule is Cc1c(C(=O)Cl)sc2cccc(Cl)c12. The number of carbonyl (C=O) groups excluding carboxylic acids is 1. The molecule has 0 aliphatic heterocycles. The third kappa shape index (κ3) is 1.44. The van der Waals surface area contributed by atoms with Crippen LogP contribution in [0, 0.1) is 6.92 Å². The molecule has 72 valence electrons. The molecule has 0 aliphatic carbocycles. The van der Waals surface area contributed by atoms with Crippen LogP contribution >= 0.6 is 34.5 Å². The number of carbonyl (C=O) groups is 1. The predicted molar refractivity (Wildman–Crippen MR) is 61.8 cm³/mol. The van der Waals surface area contributed by atoms with Gasteiger partial charge >= 0.3 is 0 Å². The van der Waals surface area contributed by atoms with E-state index in [9.17, 15) is 4.79 Å². The molecule has 0 saturated heterocycles. The minimum Gasteiger partial charge on any atom is -0.275 e. The molecule has 1 aromatic carbocycles. The predicted octanol–water partition coefficient (Wildman–Crippen LogP) is 4.24. The molecule has 2 aromatic rings. The minimum absolute atomic E-state index is 0.417. The highest BCUT2D eigenvalue weighted by Crippen LogP contribution is 2.35. The number of rotatable bonds is 1. The van der Waals surface area contributed by atoms with Gasteiger partial charge in [-0.05, 0) is 36.2 Å². The average Bonchev–Trinajstić information content (AvgIpc) is 2.45. The van der Waals surface area contributed by atoms with Gasteiger partial charge in [0.15, 0.2) is 0 Å². The maximum Gasteiger partial charge on any atom is 0.262 e. The van der Waals surface area contributed by atoms with Crippen LogP contribution in [0.5, 0.6) is 0 Å². The van der Waals surface area contributed by atoms with Crippen LogP contribution < -0.4 is 0 Å². The number of benzene rings is 1. The van der Waals surface area contributed by atoms with E-state index >= 15 is 0 Å². The second kappa shape index (κ2) is 3.54. The molecule has 0 fully saturated rings. The molecule has 0 saturated carbocycles. The fourth-order valence-corrected chi connectivity index (χ4v) is 3.14. The topological polar surface area (TPSA) is 17.1 Å². The number of hydrogen-bond acceptors (Lipinski definition) is 2. The molecule has 0 spiro atoms. The number of hydrogen-bond donors (Lipinski definition) is 0. The molecule has 1 aromatic heterocycles. The summed E-state index contributed by atoms with van der Waals surface area (Å²) in [5.74, 6) is 0. The lowest BCUT2D eigenvalue weighted by Crippen LogP contribution is -1.85. The maximum atomic E-state index is 11.1. The molecule has 0 unspecified atom stereocenters. The molecule has 14 heavy (non-hydrogen) atoms. The molecule has 0 N–H and O–H groups in total. The lowest BCUT2D eigenvalue weighted by molar-refractivity contribution is 0.108. The Morgan fingerprint density at radius 3 is 2.71 bits per heavy atom. The smallest absolute Gasteiger partial charge is 0.262 e. The van der Waals surface area contributed by atoms with Crippen LogP contribution in [0.25, 0.3) is 10.1 Å². The van der Waals surface area contributed by atoms with E-state index in [2.05, 4.69) is 0 Å². The summed E-state index contributed by atoms with van der Waals surface area (Å²) in [5, 5.41) is 1.18. The minimum atomic E-state index is -0.417. The fourth-order valence-electron chi connectivity index (χ4n) is 1.44. The zero-order chi connectivity index (χ0) is 10.3. The average molecular weight is 245 g/mol. The van der Waals surface area contributed by atoms with E-state index in [1.54, 1.807) is 0 Å². The molecule has 0 aliphatic rings. The van der Waals surface area contributed by atoms with Crippen LogP contribution in [-0.2, 0) is 0 Å². The molecule has 1 heterocycles. The summed E-state index contributed by atoms with van der Waals surface area (Å²) < 4.78 is 0.999. The molecular formula is C10H6Cl2OS. The zero-order valence-electron chi connectivity index (χ0n) is 7.30. The van der Waals surface area contributed by atoms with Gasteiger partial charge in [0.1, 0.15) is 0 Å². The van der Waals surface area contributed by atoms with Crippen LogP contribution in [0.2, 0.25) is 5.02 Å². The highest BCUT2D eigenvalue weighted by atomic mass is 35.5. The summed E-state index contributed by atoms with van der Waals surface area (Å²) in [6.07, 6.45) is 0. The van der Waals surface area contributed by atoms with E-state index in [4.69, 9.17) is 23.2 Å². The van der Waals surface area contributed by atoms with E-state index in [1.807, 2.05) is 25.1 Å². The molecular weight excluding hydrogens is 239 g/mol. The highest BCUT2D eigenvalue weighted by molar-refractivity contribution is 7.22. The first-order chi connectivity index (χ1) is 6.61. The van der Waals surface area contributed by atoms with Gasteiger partial charge in [-0.15, -0.1) is 11.3 Å². The summed E-state index contributed by atoms with van der Waals surface area (Å²) >= 11 is 12.9. The standard InChI is InChI=1S/C10H6Cl2OS/c1-5-8-6(11)3-2-4-7(8)14-9(5)10(12)13/h2-4H,1H3. The molecule has 1 nitrogen and oxygen atoms in total. The normalized spacial score (nSPS) is 10.8. The van der Waals surface area contributed by atoms with Crippen molar-refractivity contribution in [3.63, 3.8) is 0 Å². The second-order valence-corrected chi connectivity index (χ2v) is 4.75. The van der Waals surface area contributed by atoms with E-state index in [0.717, 1.165) is 15.6 Å². The summed E-state index contributed by atoms with van der Waals surface area (Å²) in [7, 11) is 0. The first-order valence-corrected chi connectivity index (χ1v) is 5.56. The first kappa shape index (κ1) is 9.97. The number of fused-ring (bicyclic) bond motifs is 1. The summed E-state index contributed by atoms with van der Waals surface area (Å²) in [4.78, 5) is 11.7. The Hall–Kier alpha value is -0.570. The van der Waals surface area contributed by atoms with Gasteiger partial charge in [0.25, 0.3) is 5.24 Å². The van der Waals surface area contributed by atoms with Crippen LogP contribution in [0.4, 0.5) is 0 Å². The maximum absolute atomic E-state index is 11.1. The Morgan fingerprint density at radius 2 is 2.14 bits per heavy atom. The van der Waals surface area contributed by atoms with Crippen LogP contribution in [0.15, 0.2) is 18.2 Å². The third-order valence-electron chi connectivity index (χ3n) is 2.08. The van der Waals surface area contributed by atoms with Gasteiger partial charge in [-0.25, -0.2) is 0 Å². The van der Waals surface area contributed by atoms with Crippen molar-refractivity contribution < 1.29 is 4.79 Å². The van der Waals surface area contributed by atoms with Gasteiger partial charge in [0.05, 0.1) is 4.88 Å². The highest BCUT2D eigenvalue weighted by Gasteiger charge is 2.14. The monoisotopic (exact) mass is 244 g/mol. The third-order valence-corrected chi connectivity index (χ3v) is 3.95. The Morgan fingerprint density at radius 1 is 1.43 bits per heavy atom. The Balaban J connectivity index is 2.87. The largest absolute Gasteiger partial charge is 0.275 e. The van der Waals surface area contributed by atoms with E-state index in [0.29, 0.717) is 9.90 Å². The van der Waals surface area contributed by atoms with Gasteiger partial charge in [0, 0.05) is 15.1 Å². The van der Waals surface area contributed by atoms with Gasteiger partial charge in [-0.1, -0.05) is 17.7 Å². The zero-order valence-corrected chi connectivity index (χ0v) is 9.63. The Labute approximate surface area is 95.3 Å². The fraction of sp³-hybridized carbons (Fsp3) is 0.100. The van der Waals surface area contributed by atoms with Gasteiger partial charge < -0.3 is 0 Å². The molecule has 4 heteroatoms. The number of halogens is 2. The van der Waals surface area contributed by atoms with Crippen molar-refractivity contribution in [1.82, 2.24) is 0 Å². The summed E-state index contributed by atoms with van der Waals surface area (Å²) in [6.45, 7) is 1.86. The first-order valence-electron chi connectivity index (χ1n) is 3.98. The molecule has 2 rings (SSSR count). The van der Waals surface area contributed by atoms with Crippen molar-refractivity contribution in [3.8, 4) is 0 Å². The van der Waals surface area contributed by atoms with Gasteiger partial charge in [-0.2, -0.15) is 0 Å². The van der Waals surface area contributed by atoms with Gasteiger partial charge in [0.2, 0.25) is 0 Å². The quantitative estimate of drug-likeness (QED) is 0.686. The van der Waals surface area contributed by atoms with Crippen molar-refractivity contribution in [1.29, 1.82) is 0 Å². The Bertz CT molecular complexity index is 516. The van der Waals surface area contributed by atoms with Crippen molar-refractivity contribution in [2.45, 2.75) is 6.92 Å². The Kier molecular flexibility index (Phi) is 2.52. The molecule has 0 radical (unpaired) electrons. The second-order valence-electron chi connectivity index (χ2n) is 2.94. The summed E-state index contributed by atoms with van der Waals surface area (Å²) in [6, 6.07) is 5.61. The summed E-state index contributed by atoms with van der Waals surface area (Å²) in [5.41, 5.74) is 0.871. The van der Waals surface area contributed by atoms with E-state index in [1.165, 1.54) is 11.3 Å².